The molecule has 1 saturated carbocycles. The summed E-state index contributed by atoms with van der Waals surface area (Å²) in [6, 6.07) is 8.34. The Labute approximate surface area is 176 Å². The minimum absolute atomic E-state index is 0.387. The van der Waals surface area contributed by atoms with E-state index in [2.05, 4.69) is 31.9 Å². The van der Waals surface area contributed by atoms with E-state index in [0.717, 1.165) is 31.0 Å². The Kier molecular flexibility index (Phi) is 6.56. The van der Waals surface area contributed by atoms with E-state index in [1.54, 1.807) is 0 Å². The predicted molar refractivity (Wildman–Crippen MR) is 115 cm³/mol. The molecule has 2 heterocycles. The third-order valence-corrected chi connectivity index (χ3v) is 5.84. The second-order valence-corrected chi connectivity index (χ2v) is 8.02. The molecule has 0 radical (unpaired) electrons. The van der Waals surface area contributed by atoms with Gasteiger partial charge in [-0.3, -0.25) is 0 Å². The lowest BCUT2D eigenvalue weighted by Gasteiger charge is -2.35. The van der Waals surface area contributed by atoms with Gasteiger partial charge in [-0.1, -0.05) is 43.0 Å². The van der Waals surface area contributed by atoms with Gasteiger partial charge < -0.3 is 19.9 Å². The van der Waals surface area contributed by atoms with Crippen LogP contribution in [0, 0.1) is 5.41 Å². The van der Waals surface area contributed by atoms with Gasteiger partial charge in [-0.15, -0.1) is 0 Å². The van der Waals surface area contributed by atoms with Crippen LogP contribution < -0.4 is 9.80 Å². The van der Waals surface area contributed by atoms with Gasteiger partial charge >= 0.3 is 0 Å². The van der Waals surface area contributed by atoms with Gasteiger partial charge in [0.1, 0.15) is 0 Å². The summed E-state index contributed by atoms with van der Waals surface area (Å²) in [4.78, 5) is 18.3. The van der Waals surface area contributed by atoms with E-state index in [9.17, 15) is 0 Å². The number of nitrogens with zero attached hydrogens (tertiary/aromatic N) is 5. The van der Waals surface area contributed by atoms with Gasteiger partial charge in [0.15, 0.2) is 5.82 Å². The van der Waals surface area contributed by atoms with E-state index in [4.69, 9.17) is 26.7 Å². The molecule has 8 heteroatoms. The lowest BCUT2D eigenvalue weighted by Crippen LogP contribution is -2.40. The highest BCUT2D eigenvalue weighted by Crippen LogP contribution is 2.28. The number of nitrogens with one attached hydrogen (secondary N) is 1. The molecule has 1 aromatic heterocycles. The van der Waals surface area contributed by atoms with E-state index in [-0.39, 0.29) is 0 Å². The summed E-state index contributed by atoms with van der Waals surface area (Å²) in [5, 5.41) is 8.46. The molecule has 4 rings (SSSR count). The van der Waals surface area contributed by atoms with Crippen LogP contribution in [-0.4, -0.2) is 53.5 Å². The predicted octanol–water partition coefficient (Wildman–Crippen LogP) is 3.70. The molecule has 2 aliphatic rings. The van der Waals surface area contributed by atoms with Gasteiger partial charge in [0.25, 0.3) is 0 Å². The highest BCUT2D eigenvalue weighted by molar-refractivity contribution is 6.30. The molecule has 2 fully saturated rings. The molecule has 1 aliphatic carbocycles. The van der Waals surface area contributed by atoms with Crippen molar-refractivity contribution in [2.75, 3.05) is 36.1 Å². The molecule has 0 unspecified atom stereocenters. The van der Waals surface area contributed by atoms with Crippen LogP contribution in [0.15, 0.2) is 24.3 Å². The molecule has 154 valence electrons. The Hall–Kier alpha value is -2.25. The fraction of sp³-hybridized carbons (Fsp3) is 0.524. The standard InChI is InChI=1S/C21H27ClN6O/c22-17-8-6-16(7-9-17)15-28(18-4-2-1-3-5-18)21-25-19(14-23)24-20(26-21)27-10-12-29-13-11-27/h6-9,14,18,23H,1-5,10-13,15H2. The van der Waals surface area contributed by atoms with Crippen molar-refractivity contribution in [3.05, 3.63) is 40.7 Å². The Bertz CT molecular complexity index is 818. The first kappa shape index (κ1) is 20.0. The molecule has 1 aliphatic heterocycles. The third kappa shape index (κ3) is 5.03. The lowest BCUT2D eigenvalue weighted by atomic mass is 9.94. The fourth-order valence-corrected chi connectivity index (χ4v) is 4.14. The first-order chi connectivity index (χ1) is 14.2. The van der Waals surface area contributed by atoms with E-state index >= 15 is 0 Å². The van der Waals surface area contributed by atoms with Crippen LogP contribution in [0.25, 0.3) is 0 Å². The van der Waals surface area contributed by atoms with Crippen LogP contribution in [0.3, 0.4) is 0 Å². The van der Waals surface area contributed by atoms with Gasteiger partial charge in [-0.2, -0.15) is 15.0 Å². The molecular formula is C21H27ClN6O. The van der Waals surface area contributed by atoms with Crippen LogP contribution in [0.2, 0.25) is 5.02 Å². The maximum Gasteiger partial charge on any atom is 0.231 e. The number of hydrogen-bond donors (Lipinski definition) is 1. The zero-order chi connectivity index (χ0) is 20.1. The minimum Gasteiger partial charge on any atom is -0.378 e. The van der Waals surface area contributed by atoms with Crippen molar-refractivity contribution in [2.45, 2.75) is 44.7 Å². The van der Waals surface area contributed by atoms with Crippen molar-refractivity contribution in [3.63, 3.8) is 0 Å². The molecule has 0 atom stereocenters. The van der Waals surface area contributed by atoms with Gasteiger partial charge in [-0.25, -0.2) is 0 Å². The summed E-state index contributed by atoms with van der Waals surface area (Å²) < 4.78 is 5.46. The molecule has 0 amide bonds. The second-order valence-electron chi connectivity index (χ2n) is 7.58. The zero-order valence-electron chi connectivity index (χ0n) is 16.6. The number of rotatable bonds is 6. The summed E-state index contributed by atoms with van der Waals surface area (Å²) in [6.45, 7) is 3.55. The van der Waals surface area contributed by atoms with E-state index in [1.807, 2.05) is 12.1 Å². The quantitative estimate of drug-likeness (QED) is 0.726. The molecule has 1 aromatic carbocycles. The van der Waals surface area contributed by atoms with Crippen LogP contribution >= 0.6 is 11.6 Å². The molecular weight excluding hydrogens is 388 g/mol. The maximum absolute atomic E-state index is 7.73. The minimum atomic E-state index is 0.387. The van der Waals surface area contributed by atoms with Gasteiger partial charge in [0.2, 0.25) is 11.9 Å². The highest BCUT2D eigenvalue weighted by Gasteiger charge is 2.26. The number of ether oxygens (including phenoxy) is 1. The first-order valence-corrected chi connectivity index (χ1v) is 10.7. The summed E-state index contributed by atoms with van der Waals surface area (Å²) in [5.41, 5.74) is 1.17. The topological polar surface area (TPSA) is 78.2 Å². The number of anilines is 2. The third-order valence-electron chi connectivity index (χ3n) is 5.59. The monoisotopic (exact) mass is 414 g/mol. The zero-order valence-corrected chi connectivity index (χ0v) is 17.3. The SMILES string of the molecule is N=Cc1nc(N2CCOCC2)nc(N(Cc2ccc(Cl)cc2)C2CCCCC2)n1. The summed E-state index contributed by atoms with van der Waals surface area (Å²) in [5.74, 6) is 1.68. The Balaban J connectivity index is 1.68. The molecule has 7 nitrogen and oxygen atoms in total. The van der Waals surface area contributed by atoms with E-state index in [1.165, 1.54) is 31.0 Å². The Morgan fingerprint density at radius 1 is 1.07 bits per heavy atom. The van der Waals surface area contributed by atoms with E-state index < -0.39 is 0 Å². The van der Waals surface area contributed by atoms with Crippen molar-refractivity contribution in [2.24, 2.45) is 0 Å². The number of hydrogen-bond acceptors (Lipinski definition) is 7. The molecule has 0 bridgehead atoms. The number of benzene rings is 1. The normalized spacial score (nSPS) is 17.9. The largest absolute Gasteiger partial charge is 0.378 e. The average Bonchev–Trinajstić information content (AvgIpc) is 2.79. The fourth-order valence-electron chi connectivity index (χ4n) is 4.01. The number of aromatic nitrogens is 3. The smallest absolute Gasteiger partial charge is 0.231 e. The van der Waals surface area contributed by atoms with Crippen molar-refractivity contribution < 1.29 is 4.74 Å². The van der Waals surface area contributed by atoms with Crippen molar-refractivity contribution >= 4 is 29.7 Å². The van der Waals surface area contributed by atoms with Gasteiger partial charge in [0, 0.05) is 30.7 Å². The summed E-state index contributed by atoms with van der Waals surface area (Å²) in [6.07, 6.45) is 7.20. The first-order valence-electron chi connectivity index (χ1n) is 10.3. The van der Waals surface area contributed by atoms with Crippen LogP contribution in [-0.2, 0) is 11.3 Å². The molecule has 2 aromatic rings. The number of morpholine rings is 1. The van der Waals surface area contributed by atoms with Crippen molar-refractivity contribution in [1.82, 2.24) is 15.0 Å². The Morgan fingerprint density at radius 2 is 1.79 bits per heavy atom. The van der Waals surface area contributed by atoms with Crippen LogP contribution in [0.5, 0.6) is 0 Å². The second kappa shape index (κ2) is 9.50. The molecule has 0 spiro atoms. The lowest BCUT2D eigenvalue weighted by molar-refractivity contribution is 0.122. The number of halogens is 1. The maximum atomic E-state index is 7.73. The summed E-state index contributed by atoms with van der Waals surface area (Å²) in [7, 11) is 0. The van der Waals surface area contributed by atoms with E-state index in [0.29, 0.717) is 43.5 Å². The molecule has 29 heavy (non-hydrogen) atoms. The van der Waals surface area contributed by atoms with Gasteiger partial charge in [-0.05, 0) is 30.5 Å². The van der Waals surface area contributed by atoms with Crippen LogP contribution in [0.1, 0.15) is 43.5 Å². The Morgan fingerprint density at radius 3 is 2.48 bits per heavy atom. The van der Waals surface area contributed by atoms with Gasteiger partial charge in [0.05, 0.1) is 19.4 Å². The van der Waals surface area contributed by atoms with Crippen LogP contribution in [0.4, 0.5) is 11.9 Å². The summed E-state index contributed by atoms with van der Waals surface area (Å²) >= 11 is 6.07. The highest BCUT2D eigenvalue weighted by atomic mass is 35.5. The average molecular weight is 415 g/mol. The van der Waals surface area contributed by atoms with Crippen molar-refractivity contribution in [1.29, 1.82) is 5.41 Å². The molecule has 1 saturated heterocycles. The molecule has 1 N–H and O–H groups in total. The van der Waals surface area contributed by atoms with Crippen molar-refractivity contribution in [3.8, 4) is 0 Å².